The van der Waals surface area contributed by atoms with Crippen LogP contribution in [-0.4, -0.2) is 44.9 Å². The van der Waals surface area contributed by atoms with E-state index in [1.807, 2.05) is 30.1 Å². The van der Waals surface area contributed by atoms with Gasteiger partial charge in [-0.1, -0.05) is 18.2 Å². The van der Waals surface area contributed by atoms with Crippen LogP contribution >= 0.6 is 0 Å². The largest absolute Gasteiger partial charge is 0.454 e. The molecule has 0 fully saturated rings. The summed E-state index contributed by atoms with van der Waals surface area (Å²) in [6.07, 6.45) is 0.809. The van der Waals surface area contributed by atoms with Crippen molar-refractivity contribution in [2.75, 3.05) is 27.4 Å². The van der Waals surface area contributed by atoms with Gasteiger partial charge in [-0.25, -0.2) is 0 Å². The summed E-state index contributed by atoms with van der Waals surface area (Å²) in [4.78, 5) is 6.25. The summed E-state index contributed by atoms with van der Waals surface area (Å²) in [6, 6.07) is 12.5. The molecule has 2 aromatic rings. The molecule has 0 saturated carbocycles. The topological polar surface area (TPSA) is 55.3 Å². The van der Waals surface area contributed by atoms with E-state index in [0.717, 1.165) is 35.0 Å². The van der Waals surface area contributed by atoms with Crippen LogP contribution in [-0.2, 0) is 13.0 Å². The summed E-state index contributed by atoms with van der Waals surface area (Å²) >= 11 is 0. The number of nitrogens with zero attached hydrogens (tertiary/aromatic N) is 2. The first-order valence-electron chi connectivity index (χ1n) is 8.89. The number of alkyl halides is 2. The van der Waals surface area contributed by atoms with Crippen LogP contribution in [0.1, 0.15) is 11.1 Å². The number of rotatable bonds is 7. The van der Waals surface area contributed by atoms with Crippen LogP contribution in [0.15, 0.2) is 47.5 Å². The minimum atomic E-state index is -2.82. The Hall–Kier alpha value is -3.03. The van der Waals surface area contributed by atoms with Gasteiger partial charge in [-0.05, 0) is 41.8 Å². The molecule has 6 nitrogen and oxygen atoms in total. The van der Waals surface area contributed by atoms with E-state index in [2.05, 4.69) is 15.0 Å². The third-order valence-corrected chi connectivity index (χ3v) is 4.28. The summed E-state index contributed by atoms with van der Waals surface area (Å²) in [6.45, 7) is -1.26. The summed E-state index contributed by atoms with van der Waals surface area (Å²) in [7, 11) is 3.64. The third kappa shape index (κ3) is 5.25. The van der Waals surface area contributed by atoms with Gasteiger partial charge in [-0.3, -0.25) is 4.99 Å². The second-order valence-corrected chi connectivity index (χ2v) is 6.29. The second kappa shape index (κ2) is 9.25. The Balaban J connectivity index is 1.49. The number of nitrogens with one attached hydrogen (secondary N) is 1. The Morgan fingerprint density at radius 2 is 1.86 bits per heavy atom. The number of ether oxygens (including phenoxy) is 3. The summed E-state index contributed by atoms with van der Waals surface area (Å²) in [5.74, 6) is 2.44. The molecule has 8 heteroatoms. The quantitative estimate of drug-likeness (QED) is 0.580. The van der Waals surface area contributed by atoms with E-state index in [0.29, 0.717) is 13.1 Å². The first-order chi connectivity index (χ1) is 13.5. The number of benzene rings is 2. The molecule has 0 aliphatic carbocycles. The molecule has 1 aliphatic heterocycles. The Bertz CT molecular complexity index is 813. The van der Waals surface area contributed by atoms with Gasteiger partial charge < -0.3 is 24.4 Å². The zero-order valence-corrected chi connectivity index (χ0v) is 15.8. The van der Waals surface area contributed by atoms with Crippen LogP contribution < -0.4 is 19.5 Å². The van der Waals surface area contributed by atoms with Gasteiger partial charge >= 0.3 is 6.61 Å². The van der Waals surface area contributed by atoms with E-state index in [1.54, 1.807) is 19.2 Å². The molecule has 0 aromatic heterocycles. The summed E-state index contributed by atoms with van der Waals surface area (Å²) in [5, 5.41) is 3.32. The van der Waals surface area contributed by atoms with E-state index in [-0.39, 0.29) is 12.5 Å². The summed E-state index contributed by atoms with van der Waals surface area (Å²) < 4.78 is 39.5. The molecule has 28 heavy (non-hydrogen) atoms. The van der Waals surface area contributed by atoms with Gasteiger partial charge in [0.25, 0.3) is 0 Å². The van der Waals surface area contributed by atoms with Gasteiger partial charge in [-0.15, -0.1) is 0 Å². The molecule has 1 aliphatic rings. The Morgan fingerprint density at radius 1 is 1.14 bits per heavy atom. The lowest BCUT2D eigenvalue weighted by Gasteiger charge is -2.22. The monoisotopic (exact) mass is 391 g/mol. The number of halogens is 2. The van der Waals surface area contributed by atoms with Crippen molar-refractivity contribution in [1.29, 1.82) is 0 Å². The van der Waals surface area contributed by atoms with E-state index >= 15 is 0 Å². The molecular weight excluding hydrogens is 368 g/mol. The zero-order chi connectivity index (χ0) is 19.9. The molecule has 2 aromatic carbocycles. The van der Waals surface area contributed by atoms with Gasteiger partial charge in [0.05, 0.1) is 0 Å². The van der Waals surface area contributed by atoms with Gasteiger partial charge in [0.15, 0.2) is 17.5 Å². The maximum Gasteiger partial charge on any atom is 0.387 e. The number of guanidine groups is 1. The van der Waals surface area contributed by atoms with Crippen molar-refractivity contribution in [3.05, 3.63) is 53.6 Å². The van der Waals surface area contributed by atoms with Crippen LogP contribution in [0.25, 0.3) is 0 Å². The molecule has 0 radical (unpaired) electrons. The molecule has 1 N–H and O–H groups in total. The molecular formula is C20H23F2N3O3. The van der Waals surface area contributed by atoms with Gasteiger partial charge in [-0.2, -0.15) is 8.78 Å². The van der Waals surface area contributed by atoms with Crippen LogP contribution in [0.5, 0.6) is 17.2 Å². The molecule has 0 bridgehead atoms. The van der Waals surface area contributed by atoms with Crippen molar-refractivity contribution in [3.63, 3.8) is 0 Å². The maximum absolute atomic E-state index is 12.2. The fourth-order valence-corrected chi connectivity index (χ4v) is 2.92. The summed E-state index contributed by atoms with van der Waals surface area (Å²) in [5.41, 5.74) is 2.10. The molecule has 0 amide bonds. The van der Waals surface area contributed by atoms with Crippen molar-refractivity contribution in [2.24, 2.45) is 4.99 Å². The smallest absolute Gasteiger partial charge is 0.387 e. The lowest BCUT2D eigenvalue weighted by Crippen LogP contribution is -2.39. The highest BCUT2D eigenvalue weighted by atomic mass is 19.3. The second-order valence-electron chi connectivity index (χ2n) is 6.29. The Labute approximate surface area is 162 Å². The zero-order valence-electron chi connectivity index (χ0n) is 15.8. The average Bonchev–Trinajstić information content (AvgIpc) is 3.14. The molecule has 0 spiro atoms. The molecule has 3 rings (SSSR count). The standard InChI is InChI=1S/C20H23F2N3O3/c1-23-20(24-10-9-14-5-8-17-18(11-14)27-13-26-17)25(2)12-15-3-6-16(7-4-15)28-19(21)22/h3-8,11,19H,9-10,12-13H2,1-2H3,(H,23,24). The number of hydrogen-bond acceptors (Lipinski definition) is 4. The SMILES string of the molecule is CN=C(NCCc1ccc2c(c1)OCO2)N(C)Cc1ccc(OC(F)F)cc1. The molecule has 0 saturated heterocycles. The lowest BCUT2D eigenvalue weighted by molar-refractivity contribution is -0.0498. The average molecular weight is 391 g/mol. The van der Waals surface area contributed by atoms with Crippen molar-refractivity contribution in [3.8, 4) is 17.2 Å². The first-order valence-corrected chi connectivity index (χ1v) is 8.89. The van der Waals surface area contributed by atoms with Crippen molar-refractivity contribution < 1.29 is 23.0 Å². The predicted molar refractivity (Wildman–Crippen MR) is 102 cm³/mol. The van der Waals surface area contributed by atoms with Crippen LogP contribution in [0.2, 0.25) is 0 Å². The molecule has 150 valence electrons. The first kappa shape index (κ1) is 19.7. The lowest BCUT2D eigenvalue weighted by atomic mass is 10.1. The highest BCUT2D eigenvalue weighted by molar-refractivity contribution is 5.79. The highest BCUT2D eigenvalue weighted by Crippen LogP contribution is 2.32. The molecule has 0 atom stereocenters. The van der Waals surface area contributed by atoms with Crippen LogP contribution in [0, 0.1) is 0 Å². The van der Waals surface area contributed by atoms with Crippen molar-refractivity contribution in [1.82, 2.24) is 10.2 Å². The number of fused-ring (bicyclic) bond motifs is 1. The van der Waals surface area contributed by atoms with Gasteiger partial charge in [0.2, 0.25) is 6.79 Å². The van der Waals surface area contributed by atoms with E-state index in [9.17, 15) is 8.78 Å². The van der Waals surface area contributed by atoms with Crippen molar-refractivity contribution in [2.45, 2.75) is 19.6 Å². The van der Waals surface area contributed by atoms with E-state index in [1.165, 1.54) is 12.1 Å². The van der Waals surface area contributed by atoms with E-state index < -0.39 is 6.61 Å². The molecule has 0 unspecified atom stereocenters. The van der Waals surface area contributed by atoms with E-state index in [4.69, 9.17) is 9.47 Å². The third-order valence-electron chi connectivity index (χ3n) is 4.28. The predicted octanol–water partition coefficient (Wildman–Crippen LogP) is 3.27. The van der Waals surface area contributed by atoms with Gasteiger partial charge in [0, 0.05) is 27.2 Å². The Morgan fingerprint density at radius 3 is 2.57 bits per heavy atom. The fourth-order valence-electron chi connectivity index (χ4n) is 2.92. The minimum Gasteiger partial charge on any atom is -0.454 e. The van der Waals surface area contributed by atoms with Crippen LogP contribution in [0.4, 0.5) is 8.78 Å². The normalized spacial score (nSPS) is 13.0. The number of aliphatic imine (C=N–C) groups is 1. The number of hydrogen-bond donors (Lipinski definition) is 1. The highest BCUT2D eigenvalue weighted by Gasteiger charge is 2.13. The molecule has 1 heterocycles. The maximum atomic E-state index is 12.2. The van der Waals surface area contributed by atoms with Crippen molar-refractivity contribution >= 4 is 5.96 Å². The Kier molecular flexibility index (Phi) is 6.52. The fraction of sp³-hybridized carbons (Fsp3) is 0.350. The van der Waals surface area contributed by atoms with Gasteiger partial charge in [0.1, 0.15) is 5.75 Å². The van der Waals surface area contributed by atoms with Crippen LogP contribution in [0.3, 0.4) is 0 Å². The minimum absolute atomic E-state index is 0.146.